The van der Waals surface area contributed by atoms with E-state index in [4.69, 9.17) is 0 Å². The van der Waals surface area contributed by atoms with Gasteiger partial charge in [0.25, 0.3) is 5.91 Å². The summed E-state index contributed by atoms with van der Waals surface area (Å²) in [6.07, 6.45) is 5.96. The van der Waals surface area contributed by atoms with Crippen molar-refractivity contribution in [3.8, 4) is 0 Å². The van der Waals surface area contributed by atoms with Gasteiger partial charge in [-0.05, 0) is 18.6 Å². The second-order valence-corrected chi connectivity index (χ2v) is 5.25. The zero-order chi connectivity index (χ0) is 18.2. The summed E-state index contributed by atoms with van der Waals surface area (Å²) in [4.78, 5) is 36.3. The predicted molar refractivity (Wildman–Crippen MR) is 92.2 cm³/mol. The van der Waals surface area contributed by atoms with Crippen molar-refractivity contribution in [1.82, 2.24) is 20.4 Å². The maximum Gasteiger partial charge on any atom is 0.355 e. The minimum Gasteiger partial charge on any atom is -0.354 e. The van der Waals surface area contributed by atoms with Crippen LogP contribution >= 0.6 is 0 Å². The van der Waals surface area contributed by atoms with Crippen molar-refractivity contribution in [2.45, 2.75) is 19.8 Å². The number of carbonyl (C=O) groups excluding carboxylic acids is 1. The topological polar surface area (TPSA) is 126 Å². The summed E-state index contributed by atoms with van der Waals surface area (Å²) in [7, 11) is 1.73. The minimum atomic E-state index is -0.573. The van der Waals surface area contributed by atoms with Gasteiger partial charge in [0.1, 0.15) is 6.33 Å². The number of hydrogen-bond acceptors (Lipinski definition) is 8. The molecule has 0 fully saturated rings. The minimum absolute atomic E-state index is 0.0874. The van der Waals surface area contributed by atoms with E-state index in [0.29, 0.717) is 12.1 Å². The molecule has 0 spiro atoms. The van der Waals surface area contributed by atoms with Crippen molar-refractivity contribution in [2.24, 2.45) is 0 Å². The Morgan fingerprint density at radius 3 is 2.84 bits per heavy atom. The zero-order valence-electron chi connectivity index (χ0n) is 14.0. The van der Waals surface area contributed by atoms with E-state index in [1.54, 1.807) is 24.1 Å². The predicted octanol–water partition coefficient (Wildman–Crippen LogP) is 1.77. The van der Waals surface area contributed by atoms with Gasteiger partial charge >= 0.3 is 5.69 Å². The monoisotopic (exact) mass is 345 g/mol. The maximum absolute atomic E-state index is 12.0. The molecule has 25 heavy (non-hydrogen) atoms. The number of rotatable bonds is 8. The van der Waals surface area contributed by atoms with Crippen LogP contribution < -0.4 is 15.8 Å². The Bertz CT molecular complexity index is 739. The van der Waals surface area contributed by atoms with E-state index in [9.17, 15) is 14.9 Å². The van der Waals surface area contributed by atoms with E-state index in [0.717, 1.165) is 12.8 Å². The molecule has 0 aliphatic rings. The van der Waals surface area contributed by atoms with Gasteiger partial charge < -0.3 is 4.90 Å². The van der Waals surface area contributed by atoms with Gasteiger partial charge in [-0.15, -0.1) is 0 Å². The molecule has 2 aromatic rings. The first kappa shape index (κ1) is 18.0. The van der Waals surface area contributed by atoms with E-state index >= 15 is 0 Å². The molecule has 0 aliphatic heterocycles. The summed E-state index contributed by atoms with van der Waals surface area (Å²) in [6, 6.07) is 3.19. The van der Waals surface area contributed by atoms with Gasteiger partial charge in [0.2, 0.25) is 11.6 Å². The summed E-state index contributed by atoms with van der Waals surface area (Å²) < 4.78 is 0. The normalized spacial score (nSPS) is 10.2. The molecule has 0 saturated carbocycles. The lowest BCUT2D eigenvalue weighted by Gasteiger charge is -2.18. The van der Waals surface area contributed by atoms with Gasteiger partial charge in [0.15, 0.2) is 0 Å². The highest BCUT2D eigenvalue weighted by molar-refractivity contribution is 5.94. The van der Waals surface area contributed by atoms with Crippen molar-refractivity contribution in [1.29, 1.82) is 0 Å². The van der Waals surface area contributed by atoms with Crippen LogP contribution in [0, 0.1) is 10.1 Å². The number of nitro groups is 1. The molecule has 0 saturated heterocycles. The number of pyridine rings is 1. The van der Waals surface area contributed by atoms with Crippen molar-refractivity contribution in [3.05, 3.63) is 46.5 Å². The van der Waals surface area contributed by atoms with E-state index in [2.05, 4.69) is 25.8 Å². The number of nitrogens with zero attached hydrogens (tertiary/aromatic N) is 5. The first-order chi connectivity index (χ1) is 12.0. The summed E-state index contributed by atoms with van der Waals surface area (Å²) in [5.41, 5.74) is 4.89. The zero-order valence-corrected chi connectivity index (χ0v) is 14.0. The number of unbranched alkanes of at least 4 members (excludes halogenated alkanes) is 1. The number of hydrazine groups is 1. The van der Waals surface area contributed by atoms with Crippen molar-refractivity contribution < 1.29 is 9.72 Å². The highest BCUT2D eigenvalue weighted by atomic mass is 16.6. The Hall–Kier alpha value is -3.30. The van der Waals surface area contributed by atoms with Crippen molar-refractivity contribution >= 4 is 23.2 Å². The number of hydrogen-bond donors (Lipinski definition) is 2. The lowest BCUT2D eigenvalue weighted by molar-refractivity contribution is -0.383. The quantitative estimate of drug-likeness (QED) is 0.547. The Balaban J connectivity index is 2.20. The number of nitrogens with one attached hydrogen (secondary N) is 2. The number of aromatic nitrogens is 3. The van der Waals surface area contributed by atoms with Crippen LogP contribution in [0.2, 0.25) is 0 Å². The van der Waals surface area contributed by atoms with Crippen LogP contribution in [0.4, 0.5) is 17.3 Å². The van der Waals surface area contributed by atoms with Crippen LogP contribution in [0.1, 0.15) is 30.1 Å². The van der Waals surface area contributed by atoms with E-state index in [-0.39, 0.29) is 17.3 Å². The molecule has 10 nitrogen and oxygen atoms in total. The second-order valence-electron chi connectivity index (χ2n) is 5.25. The number of carbonyl (C=O) groups is 1. The van der Waals surface area contributed by atoms with E-state index < -0.39 is 10.8 Å². The average Bonchev–Trinajstić information content (AvgIpc) is 2.64. The molecular formula is C15H19N7O3. The molecule has 0 bridgehead atoms. The van der Waals surface area contributed by atoms with Crippen LogP contribution in [-0.2, 0) is 0 Å². The van der Waals surface area contributed by atoms with Gasteiger partial charge in [-0.1, -0.05) is 13.3 Å². The molecule has 0 aliphatic carbocycles. The summed E-state index contributed by atoms with van der Waals surface area (Å²) in [5, 5.41) is 11.5. The molecule has 0 aromatic carbocycles. The average molecular weight is 345 g/mol. The Labute approximate surface area is 144 Å². The standard InChI is InChI=1S/C15H19N7O3/c1-3-4-8-21(2)14-12(22(24)25)13(17-10-18-14)19-20-15(23)11-6-5-7-16-9-11/h5-7,9-10H,3-4,8H2,1-2H3,(H,20,23)(H,17,18,19). The van der Waals surface area contributed by atoms with E-state index in [1.807, 2.05) is 6.92 Å². The molecule has 0 unspecified atom stereocenters. The SMILES string of the molecule is CCCCN(C)c1ncnc(NNC(=O)c2cccnc2)c1[N+](=O)[O-]. The van der Waals surface area contributed by atoms with Crippen molar-refractivity contribution in [3.63, 3.8) is 0 Å². The molecule has 1 amide bonds. The highest BCUT2D eigenvalue weighted by Crippen LogP contribution is 2.30. The molecule has 2 N–H and O–H groups in total. The van der Waals surface area contributed by atoms with E-state index in [1.165, 1.54) is 18.7 Å². The van der Waals surface area contributed by atoms with Crippen molar-refractivity contribution in [2.75, 3.05) is 23.9 Å². The third kappa shape index (κ3) is 4.59. The van der Waals surface area contributed by atoms with Crippen LogP contribution in [0.25, 0.3) is 0 Å². The van der Waals surface area contributed by atoms with Gasteiger partial charge in [-0.2, -0.15) is 0 Å². The number of anilines is 2. The molecule has 2 rings (SSSR count). The van der Waals surface area contributed by atoms with Gasteiger partial charge in [0, 0.05) is 26.0 Å². The molecule has 2 aromatic heterocycles. The lowest BCUT2D eigenvalue weighted by atomic mass is 10.3. The summed E-state index contributed by atoms with van der Waals surface area (Å²) in [6.45, 7) is 2.65. The molecule has 10 heteroatoms. The molecule has 0 atom stereocenters. The highest BCUT2D eigenvalue weighted by Gasteiger charge is 2.25. The summed E-state index contributed by atoms with van der Waals surface area (Å²) in [5.74, 6) is -0.385. The fourth-order valence-corrected chi connectivity index (χ4v) is 2.09. The Morgan fingerprint density at radius 2 is 2.20 bits per heavy atom. The molecule has 2 heterocycles. The Morgan fingerprint density at radius 1 is 1.40 bits per heavy atom. The van der Waals surface area contributed by atoms with Gasteiger partial charge in [-0.25, -0.2) is 9.97 Å². The van der Waals surface area contributed by atoms with Crippen LogP contribution in [0.5, 0.6) is 0 Å². The first-order valence-electron chi connectivity index (χ1n) is 7.71. The van der Waals surface area contributed by atoms with Gasteiger partial charge in [-0.3, -0.25) is 30.7 Å². The third-order valence-corrected chi connectivity index (χ3v) is 3.41. The maximum atomic E-state index is 12.0. The van der Waals surface area contributed by atoms with Crippen LogP contribution in [-0.4, -0.2) is 39.4 Å². The largest absolute Gasteiger partial charge is 0.355 e. The lowest BCUT2D eigenvalue weighted by Crippen LogP contribution is -2.31. The smallest absolute Gasteiger partial charge is 0.354 e. The molecule has 0 radical (unpaired) electrons. The summed E-state index contributed by atoms with van der Waals surface area (Å²) >= 11 is 0. The fourth-order valence-electron chi connectivity index (χ4n) is 2.09. The molecular weight excluding hydrogens is 326 g/mol. The third-order valence-electron chi connectivity index (χ3n) is 3.41. The van der Waals surface area contributed by atoms with Gasteiger partial charge in [0.05, 0.1) is 10.5 Å². The molecule has 132 valence electrons. The van der Waals surface area contributed by atoms with Crippen LogP contribution in [0.3, 0.4) is 0 Å². The Kier molecular flexibility index (Phi) is 6.15. The van der Waals surface area contributed by atoms with Crippen LogP contribution in [0.15, 0.2) is 30.9 Å². The number of amides is 1. The second kappa shape index (κ2) is 8.52. The fraction of sp³-hybridized carbons (Fsp3) is 0.333. The first-order valence-corrected chi connectivity index (χ1v) is 7.71.